The van der Waals surface area contributed by atoms with Crippen LogP contribution in [0.2, 0.25) is 0 Å². The number of aliphatic hydroxyl groups is 1. The molecular weight excluding hydrogens is 314 g/mol. The molecule has 1 heterocycles. The Kier molecular flexibility index (Phi) is 5.59. The highest BCUT2D eigenvalue weighted by molar-refractivity contribution is 5.93. The second-order valence-electron chi connectivity index (χ2n) is 5.86. The minimum atomic E-state index is -0.200. The predicted molar refractivity (Wildman–Crippen MR) is 97.2 cm³/mol. The van der Waals surface area contributed by atoms with Gasteiger partial charge in [-0.25, -0.2) is 0 Å². The van der Waals surface area contributed by atoms with Gasteiger partial charge in [0.15, 0.2) is 0 Å². The molecule has 5 heteroatoms. The van der Waals surface area contributed by atoms with Gasteiger partial charge in [-0.1, -0.05) is 60.7 Å². The third kappa shape index (κ3) is 4.33. The first-order valence-electron chi connectivity index (χ1n) is 8.33. The zero-order chi connectivity index (χ0) is 17.5. The van der Waals surface area contributed by atoms with E-state index < -0.39 is 0 Å². The van der Waals surface area contributed by atoms with Crippen LogP contribution in [0.5, 0.6) is 0 Å². The van der Waals surface area contributed by atoms with Gasteiger partial charge >= 0.3 is 0 Å². The van der Waals surface area contributed by atoms with Crippen molar-refractivity contribution in [2.24, 2.45) is 0 Å². The summed E-state index contributed by atoms with van der Waals surface area (Å²) in [7, 11) is 0. The smallest absolute Gasteiger partial charge is 0.269 e. The Morgan fingerprint density at radius 2 is 1.76 bits per heavy atom. The fraction of sp³-hybridized carbons (Fsp3) is 0.200. The van der Waals surface area contributed by atoms with Gasteiger partial charge in [0.1, 0.15) is 5.69 Å². The number of carbonyl (C=O) groups is 1. The van der Waals surface area contributed by atoms with E-state index in [1.54, 1.807) is 6.07 Å². The number of nitrogens with zero attached hydrogens (tertiary/aromatic N) is 1. The minimum Gasteiger partial charge on any atom is -0.396 e. The summed E-state index contributed by atoms with van der Waals surface area (Å²) in [5.41, 5.74) is 3.22. The molecule has 25 heavy (non-hydrogen) atoms. The predicted octanol–water partition coefficient (Wildman–Crippen LogP) is 2.97. The van der Waals surface area contributed by atoms with Gasteiger partial charge in [0.25, 0.3) is 5.91 Å². The molecule has 0 aliphatic heterocycles. The summed E-state index contributed by atoms with van der Waals surface area (Å²) in [5.74, 6) is -0.125. The molecule has 128 valence electrons. The summed E-state index contributed by atoms with van der Waals surface area (Å²) in [6, 6.07) is 21.3. The van der Waals surface area contributed by atoms with Crippen LogP contribution in [0.3, 0.4) is 0 Å². The number of amides is 1. The maximum atomic E-state index is 12.4. The second-order valence-corrected chi connectivity index (χ2v) is 5.86. The molecule has 1 amide bonds. The molecule has 0 saturated carbocycles. The summed E-state index contributed by atoms with van der Waals surface area (Å²) >= 11 is 0. The Balaban J connectivity index is 1.65. The first-order chi connectivity index (χ1) is 12.3. The van der Waals surface area contributed by atoms with Crippen molar-refractivity contribution in [2.75, 3.05) is 13.2 Å². The monoisotopic (exact) mass is 335 g/mol. The van der Waals surface area contributed by atoms with Gasteiger partial charge in [-0.15, -0.1) is 0 Å². The van der Waals surface area contributed by atoms with E-state index in [9.17, 15) is 9.90 Å². The van der Waals surface area contributed by atoms with Crippen LogP contribution in [-0.4, -0.2) is 34.4 Å². The summed E-state index contributed by atoms with van der Waals surface area (Å²) in [6.07, 6.45) is 0.600. The van der Waals surface area contributed by atoms with Crippen LogP contribution < -0.4 is 5.32 Å². The SMILES string of the molecule is O=C(NCC(CCO)c1ccccc1)c1cc(-c2ccccc2)n[nH]1. The van der Waals surface area contributed by atoms with Crippen LogP contribution >= 0.6 is 0 Å². The number of carbonyl (C=O) groups excluding carboxylic acids is 1. The molecule has 5 nitrogen and oxygen atoms in total. The van der Waals surface area contributed by atoms with E-state index in [0.29, 0.717) is 18.7 Å². The highest BCUT2D eigenvalue weighted by atomic mass is 16.3. The number of hydrogen-bond donors (Lipinski definition) is 3. The lowest BCUT2D eigenvalue weighted by atomic mass is 9.96. The number of nitrogens with one attached hydrogen (secondary N) is 2. The fourth-order valence-electron chi connectivity index (χ4n) is 2.77. The largest absolute Gasteiger partial charge is 0.396 e. The lowest BCUT2D eigenvalue weighted by Crippen LogP contribution is -2.29. The summed E-state index contributed by atoms with van der Waals surface area (Å²) in [6.45, 7) is 0.542. The molecule has 0 spiro atoms. The van der Waals surface area contributed by atoms with Crippen molar-refractivity contribution < 1.29 is 9.90 Å². The average molecular weight is 335 g/mol. The van der Waals surface area contributed by atoms with Crippen molar-refractivity contribution in [3.8, 4) is 11.3 Å². The Hall–Kier alpha value is -2.92. The standard InChI is InChI=1S/C20H21N3O2/c24-12-11-17(15-7-3-1-4-8-15)14-21-20(25)19-13-18(22-23-19)16-9-5-2-6-10-16/h1-10,13,17,24H,11-12,14H2,(H,21,25)(H,22,23). The first kappa shape index (κ1) is 16.9. The molecule has 1 aromatic heterocycles. The van der Waals surface area contributed by atoms with Crippen LogP contribution in [-0.2, 0) is 0 Å². The quantitative estimate of drug-likeness (QED) is 0.621. The van der Waals surface area contributed by atoms with Crippen LogP contribution in [0.25, 0.3) is 11.3 Å². The third-order valence-electron chi connectivity index (χ3n) is 4.15. The molecule has 0 aliphatic carbocycles. The van der Waals surface area contributed by atoms with E-state index in [4.69, 9.17) is 0 Å². The topological polar surface area (TPSA) is 78.0 Å². The summed E-state index contributed by atoms with van der Waals surface area (Å²) in [4.78, 5) is 12.4. The highest BCUT2D eigenvalue weighted by Gasteiger charge is 2.15. The number of benzene rings is 2. The molecule has 0 radical (unpaired) electrons. The maximum Gasteiger partial charge on any atom is 0.269 e. The molecule has 0 aliphatic rings. The van der Waals surface area contributed by atoms with Gasteiger partial charge in [-0.3, -0.25) is 9.89 Å². The van der Waals surface area contributed by atoms with Crippen LogP contribution in [0, 0.1) is 0 Å². The van der Waals surface area contributed by atoms with Crippen molar-refractivity contribution in [1.82, 2.24) is 15.5 Å². The lowest BCUT2D eigenvalue weighted by Gasteiger charge is -2.16. The Labute approximate surface area is 146 Å². The molecule has 3 N–H and O–H groups in total. The van der Waals surface area contributed by atoms with E-state index in [1.165, 1.54) is 0 Å². The van der Waals surface area contributed by atoms with E-state index in [-0.39, 0.29) is 18.4 Å². The van der Waals surface area contributed by atoms with Crippen molar-refractivity contribution in [1.29, 1.82) is 0 Å². The summed E-state index contributed by atoms with van der Waals surface area (Å²) in [5, 5.41) is 19.2. The first-order valence-corrected chi connectivity index (χ1v) is 8.33. The van der Waals surface area contributed by atoms with Gasteiger partial charge in [-0.05, 0) is 18.1 Å². The van der Waals surface area contributed by atoms with E-state index >= 15 is 0 Å². The van der Waals surface area contributed by atoms with E-state index in [0.717, 1.165) is 16.8 Å². The number of H-pyrrole nitrogens is 1. The van der Waals surface area contributed by atoms with Crippen LogP contribution in [0.4, 0.5) is 0 Å². The molecule has 3 aromatic rings. The number of aromatic amines is 1. The Bertz CT molecular complexity index is 800. The Morgan fingerprint density at radius 3 is 2.44 bits per heavy atom. The maximum absolute atomic E-state index is 12.4. The van der Waals surface area contributed by atoms with Gasteiger partial charge in [0.05, 0.1) is 5.69 Å². The lowest BCUT2D eigenvalue weighted by molar-refractivity contribution is 0.0944. The molecule has 0 saturated heterocycles. The van der Waals surface area contributed by atoms with Crippen LogP contribution in [0.15, 0.2) is 66.7 Å². The third-order valence-corrected chi connectivity index (χ3v) is 4.15. The second kappa shape index (κ2) is 8.26. The van der Waals surface area contributed by atoms with E-state index in [2.05, 4.69) is 15.5 Å². The molecule has 0 fully saturated rings. The molecular formula is C20H21N3O2. The van der Waals surface area contributed by atoms with Gasteiger partial charge in [-0.2, -0.15) is 5.10 Å². The van der Waals surface area contributed by atoms with Gasteiger partial charge < -0.3 is 10.4 Å². The zero-order valence-electron chi connectivity index (χ0n) is 13.9. The fourth-order valence-corrected chi connectivity index (χ4v) is 2.77. The average Bonchev–Trinajstić information content (AvgIpc) is 3.16. The van der Waals surface area contributed by atoms with Crippen molar-refractivity contribution >= 4 is 5.91 Å². The van der Waals surface area contributed by atoms with Gasteiger partial charge in [0.2, 0.25) is 0 Å². The molecule has 3 rings (SSSR count). The van der Waals surface area contributed by atoms with Crippen LogP contribution in [0.1, 0.15) is 28.4 Å². The molecule has 2 aromatic carbocycles. The molecule has 0 bridgehead atoms. The van der Waals surface area contributed by atoms with Gasteiger partial charge in [0, 0.05) is 24.6 Å². The van der Waals surface area contributed by atoms with Crippen molar-refractivity contribution in [3.05, 3.63) is 78.0 Å². The molecule has 1 atom stereocenters. The number of hydrogen-bond acceptors (Lipinski definition) is 3. The number of aromatic nitrogens is 2. The normalized spacial score (nSPS) is 11.9. The highest BCUT2D eigenvalue weighted by Crippen LogP contribution is 2.19. The number of rotatable bonds is 7. The zero-order valence-corrected chi connectivity index (χ0v) is 13.9. The molecule has 1 unspecified atom stereocenters. The van der Waals surface area contributed by atoms with Crippen molar-refractivity contribution in [2.45, 2.75) is 12.3 Å². The number of aliphatic hydroxyl groups excluding tert-OH is 1. The van der Waals surface area contributed by atoms with Crippen molar-refractivity contribution in [3.63, 3.8) is 0 Å². The minimum absolute atomic E-state index is 0.0756. The summed E-state index contributed by atoms with van der Waals surface area (Å²) < 4.78 is 0. The Morgan fingerprint density at radius 1 is 1.08 bits per heavy atom. The van der Waals surface area contributed by atoms with E-state index in [1.807, 2.05) is 60.7 Å².